The van der Waals surface area contributed by atoms with E-state index in [2.05, 4.69) is 43.3 Å². The van der Waals surface area contributed by atoms with Crippen LogP contribution in [-0.2, 0) is 0 Å². The van der Waals surface area contributed by atoms with Gasteiger partial charge in [0, 0.05) is 11.1 Å². The molecular formula is C17H20ClNOS. The standard InChI is InChI=1S/C17H19NOS.ClH/c1-12-6-4-8-14-16(12)19-15-9-3-2-7-13(15)17(14)20-11-5-10-18;/h2-4,6-9,17H,5,10-11,18H2,1H3;1H. The van der Waals surface area contributed by atoms with E-state index in [-0.39, 0.29) is 12.4 Å². The van der Waals surface area contributed by atoms with Crippen LogP contribution >= 0.6 is 24.2 Å². The number of halogens is 1. The zero-order valence-electron chi connectivity index (χ0n) is 12.0. The van der Waals surface area contributed by atoms with Gasteiger partial charge < -0.3 is 10.5 Å². The average Bonchev–Trinajstić information content (AvgIpc) is 2.48. The molecule has 0 radical (unpaired) electrons. The van der Waals surface area contributed by atoms with Crippen LogP contribution < -0.4 is 10.5 Å². The molecule has 0 spiro atoms. The Morgan fingerprint density at radius 3 is 2.67 bits per heavy atom. The highest BCUT2D eigenvalue weighted by molar-refractivity contribution is 7.99. The van der Waals surface area contributed by atoms with Gasteiger partial charge in [-0.2, -0.15) is 0 Å². The van der Waals surface area contributed by atoms with E-state index in [1.807, 2.05) is 17.8 Å². The van der Waals surface area contributed by atoms with Gasteiger partial charge in [-0.05, 0) is 37.3 Å². The molecule has 1 aliphatic rings. The molecule has 112 valence electrons. The maximum Gasteiger partial charge on any atom is 0.135 e. The number of thioether (sulfide) groups is 1. The number of fused-ring (bicyclic) bond motifs is 2. The van der Waals surface area contributed by atoms with Crippen molar-refractivity contribution in [1.29, 1.82) is 0 Å². The minimum atomic E-state index is 0. The van der Waals surface area contributed by atoms with Crippen molar-refractivity contribution in [2.45, 2.75) is 18.6 Å². The van der Waals surface area contributed by atoms with Gasteiger partial charge in [-0.1, -0.05) is 36.4 Å². The van der Waals surface area contributed by atoms with Crippen LogP contribution in [0.5, 0.6) is 11.5 Å². The normalized spacial score (nSPS) is 15.4. The van der Waals surface area contributed by atoms with E-state index < -0.39 is 0 Å². The SMILES string of the molecule is Cc1cccc2c1Oc1ccccc1C2SCCCN.Cl. The van der Waals surface area contributed by atoms with Crippen molar-refractivity contribution < 1.29 is 4.74 Å². The second kappa shape index (κ2) is 7.21. The van der Waals surface area contributed by atoms with Crippen LogP contribution in [-0.4, -0.2) is 12.3 Å². The fourth-order valence-electron chi connectivity index (χ4n) is 2.55. The smallest absolute Gasteiger partial charge is 0.135 e. The van der Waals surface area contributed by atoms with Crippen molar-refractivity contribution in [3.8, 4) is 11.5 Å². The van der Waals surface area contributed by atoms with E-state index in [0.29, 0.717) is 5.25 Å². The molecule has 0 aromatic heterocycles. The molecule has 0 bridgehead atoms. The summed E-state index contributed by atoms with van der Waals surface area (Å²) in [5, 5.41) is 0.349. The van der Waals surface area contributed by atoms with Crippen molar-refractivity contribution in [3.63, 3.8) is 0 Å². The Morgan fingerprint density at radius 1 is 1.10 bits per heavy atom. The summed E-state index contributed by atoms with van der Waals surface area (Å²) < 4.78 is 6.11. The first-order chi connectivity index (χ1) is 9.81. The first kappa shape index (κ1) is 16.2. The first-order valence-corrected chi connectivity index (χ1v) is 8.04. The fraction of sp³-hybridized carbons (Fsp3) is 0.294. The number of aryl methyl sites for hydroxylation is 1. The van der Waals surface area contributed by atoms with Gasteiger partial charge in [-0.15, -0.1) is 24.2 Å². The van der Waals surface area contributed by atoms with Crippen molar-refractivity contribution >= 4 is 24.2 Å². The fourth-order valence-corrected chi connectivity index (χ4v) is 3.86. The van der Waals surface area contributed by atoms with E-state index in [9.17, 15) is 0 Å². The van der Waals surface area contributed by atoms with Gasteiger partial charge in [0.05, 0.1) is 5.25 Å². The lowest BCUT2D eigenvalue weighted by Gasteiger charge is -2.29. The summed E-state index contributed by atoms with van der Waals surface area (Å²) in [6.07, 6.45) is 1.05. The largest absolute Gasteiger partial charge is 0.456 e. The second-order valence-corrected chi connectivity index (χ2v) is 6.24. The van der Waals surface area contributed by atoms with Crippen LogP contribution in [0, 0.1) is 6.92 Å². The number of hydrogen-bond donors (Lipinski definition) is 1. The van der Waals surface area contributed by atoms with E-state index in [1.165, 1.54) is 16.7 Å². The Kier molecular flexibility index (Phi) is 5.57. The molecule has 1 aliphatic heterocycles. The molecule has 0 aliphatic carbocycles. The van der Waals surface area contributed by atoms with Crippen molar-refractivity contribution in [3.05, 3.63) is 59.2 Å². The summed E-state index contributed by atoms with van der Waals surface area (Å²) in [5.74, 6) is 3.08. The molecule has 21 heavy (non-hydrogen) atoms. The molecule has 0 fully saturated rings. The maximum absolute atomic E-state index is 6.11. The van der Waals surface area contributed by atoms with Gasteiger partial charge >= 0.3 is 0 Å². The topological polar surface area (TPSA) is 35.2 Å². The third kappa shape index (κ3) is 3.20. The summed E-state index contributed by atoms with van der Waals surface area (Å²) in [4.78, 5) is 0. The van der Waals surface area contributed by atoms with Crippen LogP contribution in [0.4, 0.5) is 0 Å². The molecule has 0 saturated heterocycles. The van der Waals surface area contributed by atoms with Crippen molar-refractivity contribution in [2.75, 3.05) is 12.3 Å². The predicted molar refractivity (Wildman–Crippen MR) is 92.9 cm³/mol. The molecule has 1 atom stereocenters. The lowest BCUT2D eigenvalue weighted by molar-refractivity contribution is 0.455. The summed E-state index contributed by atoms with van der Waals surface area (Å²) in [6.45, 7) is 2.85. The number of nitrogens with two attached hydrogens (primary N) is 1. The zero-order chi connectivity index (χ0) is 13.9. The third-order valence-electron chi connectivity index (χ3n) is 3.57. The van der Waals surface area contributed by atoms with E-state index in [1.54, 1.807) is 0 Å². The molecule has 2 nitrogen and oxygen atoms in total. The Labute approximate surface area is 136 Å². The molecule has 0 amide bonds. The van der Waals surface area contributed by atoms with E-state index in [4.69, 9.17) is 10.5 Å². The van der Waals surface area contributed by atoms with Gasteiger partial charge in [-0.25, -0.2) is 0 Å². The average molecular weight is 322 g/mol. The van der Waals surface area contributed by atoms with E-state index >= 15 is 0 Å². The lowest BCUT2D eigenvalue weighted by atomic mass is 9.98. The molecule has 1 unspecified atom stereocenters. The Hall–Kier alpha value is -1.16. The highest BCUT2D eigenvalue weighted by Gasteiger charge is 2.27. The van der Waals surface area contributed by atoms with Gasteiger partial charge in [0.2, 0.25) is 0 Å². The number of ether oxygens (including phenoxy) is 1. The van der Waals surface area contributed by atoms with Crippen LogP contribution in [0.3, 0.4) is 0 Å². The molecule has 2 aromatic rings. The number of benzene rings is 2. The number of rotatable bonds is 4. The number of para-hydroxylation sites is 2. The summed E-state index contributed by atoms with van der Waals surface area (Å²) >= 11 is 1.96. The summed E-state index contributed by atoms with van der Waals surface area (Å²) in [6, 6.07) is 14.7. The highest BCUT2D eigenvalue weighted by atomic mass is 35.5. The van der Waals surface area contributed by atoms with Crippen LogP contribution in [0.25, 0.3) is 0 Å². The quantitative estimate of drug-likeness (QED) is 0.829. The highest BCUT2D eigenvalue weighted by Crippen LogP contribution is 2.50. The van der Waals surface area contributed by atoms with Crippen LogP contribution in [0.15, 0.2) is 42.5 Å². The molecule has 2 aromatic carbocycles. The van der Waals surface area contributed by atoms with Crippen molar-refractivity contribution in [1.82, 2.24) is 0 Å². The lowest BCUT2D eigenvalue weighted by Crippen LogP contribution is -2.10. The van der Waals surface area contributed by atoms with Crippen LogP contribution in [0.2, 0.25) is 0 Å². The minimum Gasteiger partial charge on any atom is -0.456 e. The first-order valence-electron chi connectivity index (χ1n) is 6.99. The Bertz CT molecular complexity index is 617. The molecule has 2 N–H and O–H groups in total. The van der Waals surface area contributed by atoms with Gasteiger partial charge in [0.1, 0.15) is 11.5 Å². The molecule has 3 rings (SSSR count). The van der Waals surface area contributed by atoms with E-state index in [0.717, 1.165) is 30.2 Å². The van der Waals surface area contributed by atoms with Gasteiger partial charge in [-0.3, -0.25) is 0 Å². The molecule has 4 heteroatoms. The minimum absolute atomic E-state index is 0. The molecule has 1 heterocycles. The summed E-state index contributed by atoms with van der Waals surface area (Å²) in [7, 11) is 0. The second-order valence-electron chi connectivity index (χ2n) is 5.03. The monoisotopic (exact) mass is 321 g/mol. The maximum atomic E-state index is 6.11. The third-order valence-corrected chi connectivity index (χ3v) is 4.94. The Morgan fingerprint density at radius 2 is 1.86 bits per heavy atom. The number of hydrogen-bond acceptors (Lipinski definition) is 3. The van der Waals surface area contributed by atoms with Gasteiger partial charge in [0.15, 0.2) is 0 Å². The molecule has 0 saturated carbocycles. The zero-order valence-corrected chi connectivity index (χ0v) is 13.7. The Balaban J connectivity index is 0.00000161. The molecular weight excluding hydrogens is 302 g/mol. The van der Waals surface area contributed by atoms with Crippen molar-refractivity contribution in [2.24, 2.45) is 5.73 Å². The van der Waals surface area contributed by atoms with Crippen LogP contribution in [0.1, 0.15) is 28.4 Å². The summed E-state index contributed by atoms with van der Waals surface area (Å²) in [5.41, 5.74) is 9.37. The predicted octanol–water partition coefficient (Wildman–Crippen LogP) is 4.69. The van der Waals surface area contributed by atoms with Gasteiger partial charge in [0.25, 0.3) is 0 Å².